The summed E-state index contributed by atoms with van der Waals surface area (Å²) in [6.07, 6.45) is 4.34. The second kappa shape index (κ2) is 5.61. The fourth-order valence-electron chi connectivity index (χ4n) is 2.12. The minimum atomic E-state index is 0.490. The van der Waals surface area contributed by atoms with E-state index < -0.39 is 0 Å². The molecule has 2 atom stereocenters. The molecule has 1 heterocycles. The monoisotopic (exact) mass is 185 g/mol. The molecule has 1 aliphatic rings. The van der Waals surface area contributed by atoms with Gasteiger partial charge in [0.2, 0.25) is 0 Å². The summed E-state index contributed by atoms with van der Waals surface area (Å²) in [5.74, 6) is 0.771. The normalized spacial score (nSPS) is 27.5. The van der Waals surface area contributed by atoms with Gasteiger partial charge in [-0.2, -0.15) is 0 Å². The Balaban J connectivity index is 2.37. The molecule has 2 nitrogen and oxygen atoms in total. The zero-order valence-electron chi connectivity index (χ0n) is 9.25. The highest BCUT2D eigenvalue weighted by molar-refractivity contribution is 4.75. The summed E-state index contributed by atoms with van der Waals surface area (Å²) >= 11 is 0. The smallest absolute Gasteiger partial charge is 0.0730 e. The van der Waals surface area contributed by atoms with Gasteiger partial charge in [0, 0.05) is 13.1 Å². The highest BCUT2D eigenvalue weighted by Gasteiger charge is 2.24. The molecule has 2 heteroatoms. The molecule has 13 heavy (non-hydrogen) atoms. The molecule has 0 aromatic rings. The standard InChI is InChI=1S/C11H23NO/c1-4-6-10(5-2)11-9-12(3)7-8-13-11/h10-11H,4-9H2,1-3H3. The van der Waals surface area contributed by atoms with Crippen LogP contribution in [0.5, 0.6) is 0 Å². The molecule has 1 saturated heterocycles. The Kier molecular flexibility index (Phi) is 4.74. The fraction of sp³-hybridized carbons (Fsp3) is 1.00. The Morgan fingerprint density at radius 2 is 2.23 bits per heavy atom. The molecule has 0 spiro atoms. The lowest BCUT2D eigenvalue weighted by Gasteiger charge is -2.34. The van der Waals surface area contributed by atoms with Crippen LogP contribution in [-0.2, 0) is 4.74 Å². The maximum Gasteiger partial charge on any atom is 0.0730 e. The lowest BCUT2D eigenvalue weighted by molar-refractivity contribution is -0.0529. The molecule has 1 aliphatic heterocycles. The van der Waals surface area contributed by atoms with Crippen LogP contribution in [0.25, 0.3) is 0 Å². The van der Waals surface area contributed by atoms with Crippen molar-refractivity contribution < 1.29 is 4.74 Å². The number of rotatable bonds is 4. The molecule has 78 valence electrons. The molecule has 2 unspecified atom stereocenters. The van der Waals surface area contributed by atoms with Crippen LogP contribution < -0.4 is 0 Å². The maximum absolute atomic E-state index is 5.81. The van der Waals surface area contributed by atoms with Crippen LogP contribution in [0.4, 0.5) is 0 Å². The number of morpholine rings is 1. The van der Waals surface area contributed by atoms with E-state index >= 15 is 0 Å². The first-order valence-corrected chi connectivity index (χ1v) is 5.58. The lowest BCUT2D eigenvalue weighted by atomic mass is 9.93. The fourth-order valence-corrected chi connectivity index (χ4v) is 2.12. The van der Waals surface area contributed by atoms with Crippen molar-refractivity contribution in [1.82, 2.24) is 4.90 Å². The van der Waals surface area contributed by atoms with E-state index in [4.69, 9.17) is 4.74 Å². The van der Waals surface area contributed by atoms with E-state index in [-0.39, 0.29) is 0 Å². The van der Waals surface area contributed by atoms with Gasteiger partial charge in [-0.15, -0.1) is 0 Å². The summed E-state index contributed by atoms with van der Waals surface area (Å²) < 4.78 is 5.81. The molecule has 0 aromatic carbocycles. The number of hydrogen-bond acceptors (Lipinski definition) is 2. The van der Waals surface area contributed by atoms with Crippen molar-refractivity contribution in [2.24, 2.45) is 5.92 Å². The Hall–Kier alpha value is -0.0800. The van der Waals surface area contributed by atoms with Gasteiger partial charge in [-0.3, -0.25) is 0 Å². The van der Waals surface area contributed by atoms with E-state index in [1.807, 2.05) is 0 Å². The summed E-state index contributed by atoms with van der Waals surface area (Å²) in [6, 6.07) is 0. The highest BCUT2D eigenvalue weighted by atomic mass is 16.5. The van der Waals surface area contributed by atoms with Crippen LogP contribution in [0, 0.1) is 5.92 Å². The van der Waals surface area contributed by atoms with Gasteiger partial charge in [-0.1, -0.05) is 26.7 Å². The van der Waals surface area contributed by atoms with Gasteiger partial charge in [0.25, 0.3) is 0 Å². The predicted molar refractivity (Wildman–Crippen MR) is 55.9 cm³/mol. The minimum Gasteiger partial charge on any atom is -0.375 e. The van der Waals surface area contributed by atoms with Gasteiger partial charge in [0.15, 0.2) is 0 Å². The summed E-state index contributed by atoms with van der Waals surface area (Å²) in [4.78, 5) is 2.38. The summed E-state index contributed by atoms with van der Waals surface area (Å²) in [5.41, 5.74) is 0. The molecule has 1 fully saturated rings. The van der Waals surface area contributed by atoms with Crippen LogP contribution >= 0.6 is 0 Å². The van der Waals surface area contributed by atoms with E-state index in [1.165, 1.54) is 19.3 Å². The third kappa shape index (κ3) is 3.28. The molecule has 0 amide bonds. The molecule has 0 saturated carbocycles. The predicted octanol–water partition coefficient (Wildman–Crippen LogP) is 2.14. The van der Waals surface area contributed by atoms with Crippen molar-refractivity contribution in [3.63, 3.8) is 0 Å². The quantitative estimate of drug-likeness (QED) is 0.665. The summed E-state index contributed by atoms with van der Waals surface area (Å²) in [5, 5.41) is 0. The van der Waals surface area contributed by atoms with Gasteiger partial charge in [-0.25, -0.2) is 0 Å². The van der Waals surface area contributed by atoms with Crippen LogP contribution in [0.1, 0.15) is 33.1 Å². The van der Waals surface area contributed by atoms with Crippen LogP contribution in [0.15, 0.2) is 0 Å². The maximum atomic E-state index is 5.81. The van der Waals surface area contributed by atoms with Crippen LogP contribution in [-0.4, -0.2) is 37.7 Å². The molecule has 0 aromatic heterocycles. The van der Waals surface area contributed by atoms with Gasteiger partial charge in [0.1, 0.15) is 0 Å². The molecule has 0 bridgehead atoms. The zero-order valence-corrected chi connectivity index (χ0v) is 9.25. The van der Waals surface area contributed by atoms with E-state index in [2.05, 4.69) is 25.8 Å². The van der Waals surface area contributed by atoms with Crippen LogP contribution in [0.3, 0.4) is 0 Å². The van der Waals surface area contributed by atoms with Crippen molar-refractivity contribution >= 4 is 0 Å². The molecule has 0 aliphatic carbocycles. The van der Waals surface area contributed by atoms with Gasteiger partial charge >= 0.3 is 0 Å². The first-order valence-electron chi connectivity index (χ1n) is 5.58. The van der Waals surface area contributed by atoms with Gasteiger partial charge in [0.05, 0.1) is 12.7 Å². The van der Waals surface area contributed by atoms with Gasteiger partial charge < -0.3 is 9.64 Å². The first kappa shape index (κ1) is 11.0. The van der Waals surface area contributed by atoms with Gasteiger partial charge in [-0.05, 0) is 19.4 Å². The molecular formula is C11H23NO. The third-order valence-electron chi connectivity index (χ3n) is 3.01. The Labute approximate surface area is 82.3 Å². The Morgan fingerprint density at radius 3 is 2.77 bits per heavy atom. The third-order valence-corrected chi connectivity index (χ3v) is 3.01. The first-order chi connectivity index (χ1) is 6.27. The second-order valence-corrected chi connectivity index (χ2v) is 4.13. The SMILES string of the molecule is CCCC(CC)C1CN(C)CCO1. The summed E-state index contributed by atoms with van der Waals surface area (Å²) in [7, 11) is 2.19. The zero-order chi connectivity index (χ0) is 9.68. The molecular weight excluding hydrogens is 162 g/mol. The number of hydrogen-bond donors (Lipinski definition) is 0. The van der Waals surface area contributed by atoms with E-state index in [9.17, 15) is 0 Å². The molecule has 0 radical (unpaired) electrons. The van der Waals surface area contributed by atoms with Crippen molar-refractivity contribution in [2.75, 3.05) is 26.7 Å². The van der Waals surface area contributed by atoms with E-state index in [1.54, 1.807) is 0 Å². The Bertz CT molecular complexity index is 138. The van der Waals surface area contributed by atoms with Crippen molar-refractivity contribution in [3.8, 4) is 0 Å². The lowest BCUT2D eigenvalue weighted by Crippen LogP contribution is -2.43. The largest absolute Gasteiger partial charge is 0.375 e. The second-order valence-electron chi connectivity index (χ2n) is 4.13. The number of ether oxygens (including phenoxy) is 1. The van der Waals surface area contributed by atoms with Crippen molar-refractivity contribution in [2.45, 2.75) is 39.2 Å². The van der Waals surface area contributed by atoms with Crippen molar-refractivity contribution in [3.05, 3.63) is 0 Å². The topological polar surface area (TPSA) is 12.5 Å². The molecule has 1 rings (SSSR count). The average molecular weight is 185 g/mol. The average Bonchev–Trinajstić information content (AvgIpc) is 2.14. The van der Waals surface area contributed by atoms with Crippen LogP contribution in [0.2, 0.25) is 0 Å². The van der Waals surface area contributed by atoms with E-state index in [0.717, 1.165) is 25.6 Å². The van der Waals surface area contributed by atoms with Crippen molar-refractivity contribution in [1.29, 1.82) is 0 Å². The molecule has 0 N–H and O–H groups in total. The minimum absolute atomic E-state index is 0.490. The van der Waals surface area contributed by atoms with E-state index in [0.29, 0.717) is 6.10 Å². The Morgan fingerprint density at radius 1 is 1.46 bits per heavy atom. The number of likely N-dealkylation sites (N-methyl/N-ethyl adjacent to an activating group) is 1. The highest BCUT2D eigenvalue weighted by Crippen LogP contribution is 2.21. The summed E-state index contributed by atoms with van der Waals surface area (Å²) in [6.45, 7) is 7.67. The number of nitrogens with zero attached hydrogens (tertiary/aromatic N) is 1.